The summed E-state index contributed by atoms with van der Waals surface area (Å²) in [7, 11) is -4.26. The number of hydrogen-bond donors (Lipinski definition) is 2. The summed E-state index contributed by atoms with van der Waals surface area (Å²) in [5, 5.41) is 0. The van der Waals surface area contributed by atoms with E-state index in [2.05, 4.69) is 0 Å². The standard InChI is InChI=1S/C8H10N2O3S/c9-8-5-6-3-1-2-4-7(6)10(8)14(11,12)13/h1-4,8H,5,9H2,(H,11,12,13). The largest absolute Gasteiger partial charge is 0.361 e. The predicted molar refractivity (Wildman–Crippen MR) is 52.1 cm³/mol. The molecule has 0 aliphatic carbocycles. The first-order valence-corrected chi connectivity index (χ1v) is 5.50. The van der Waals surface area contributed by atoms with Crippen LogP contribution in [-0.4, -0.2) is 19.1 Å². The molecule has 0 amide bonds. The van der Waals surface area contributed by atoms with Gasteiger partial charge in [-0.15, -0.1) is 0 Å². The second kappa shape index (κ2) is 2.94. The van der Waals surface area contributed by atoms with Crippen molar-refractivity contribution in [3.05, 3.63) is 29.8 Å². The number of hydrogen-bond acceptors (Lipinski definition) is 3. The molecule has 1 aromatic carbocycles. The normalized spacial score (nSPS) is 21.0. The quantitative estimate of drug-likeness (QED) is 0.651. The van der Waals surface area contributed by atoms with Gasteiger partial charge in [-0.3, -0.25) is 4.55 Å². The summed E-state index contributed by atoms with van der Waals surface area (Å²) in [5.41, 5.74) is 6.89. The van der Waals surface area contributed by atoms with E-state index in [0.717, 1.165) is 9.87 Å². The molecule has 0 aromatic heterocycles. The smallest absolute Gasteiger partial charge is 0.310 e. The Morgan fingerprint density at radius 2 is 2.07 bits per heavy atom. The first-order chi connectivity index (χ1) is 6.50. The number of fused-ring (bicyclic) bond motifs is 1. The highest BCUT2D eigenvalue weighted by molar-refractivity contribution is 7.87. The highest BCUT2D eigenvalue weighted by atomic mass is 32.2. The Morgan fingerprint density at radius 3 is 2.71 bits per heavy atom. The predicted octanol–water partition coefficient (Wildman–Crippen LogP) is 0.137. The van der Waals surface area contributed by atoms with Crippen LogP contribution in [0, 0.1) is 0 Å². The van der Waals surface area contributed by atoms with Crippen molar-refractivity contribution in [3.8, 4) is 0 Å². The number of anilines is 1. The van der Waals surface area contributed by atoms with Crippen LogP contribution in [0.5, 0.6) is 0 Å². The van der Waals surface area contributed by atoms with E-state index >= 15 is 0 Å². The Kier molecular flexibility index (Phi) is 1.99. The van der Waals surface area contributed by atoms with Crippen LogP contribution in [0.4, 0.5) is 5.69 Å². The van der Waals surface area contributed by atoms with Crippen LogP contribution in [-0.2, 0) is 16.7 Å². The van der Waals surface area contributed by atoms with Gasteiger partial charge in [-0.25, -0.2) is 4.31 Å². The summed E-state index contributed by atoms with van der Waals surface area (Å²) < 4.78 is 31.8. The van der Waals surface area contributed by atoms with Crippen LogP contribution < -0.4 is 10.0 Å². The van der Waals surface area contributed by atoms with E-state index in [-0.39, 0.29) is 0 Å². The lowest BCUT2D eigenvalue weighted by Crippen LogP contribution is -2.43. The fraction of sp³-hybridized carbons (Fsp3) is 0.250. The molecule has 1 aromatic rings. The van der Waals surface area contributed by atoms with Crippen LogP contribution in [0.2, 0.25) is 0 Å². The summed E-state index contributed by atoms with van der Waals surface area (Å²) >= 11 is 0. The van der Waals surface area contributed by atoms with Gasteiger partial charge in [-0.2, -0.15) is 8.42 Å². The number of nitrogens with two attached hydrogens (primary N) is 1. The van der Waals surface area contributed by atoms with Gasteiger partial charge < -0.3 is 5.73 Å². The van der Waals surface area contributed by atoms with Crippen molar-refractivity contribution in [1.29, 1.82) is 0 Å². The van der Waals surface area contributed by atoms with Gasteiger partial charge in [0.2, 0.25) is 0 Å². The van der Waals surface area contributed by atoms with Crippen molar-refractivity contribution in [1.82, 2.24) is 0 Å². The first kappa shape index (κ1) is 9.45. The summed E-state index contributed by atoms with van der Waals surface area (Å²) in [4.78, 5) is 0. The molecule has 0 radical (unpaired) electrons. The topological polar surface area (TPSA) is 83.6 Å². The van der Waals surface area contributed by atoms with Gasteiger partial charge in [-0.1, -0.05) is 18.2 Å². The fourth-order valence-corrected chi connectivity index (χ4v) is 2.52. The second-order valence-corrected chi connectivity index (χ2v) is 4.46. The molecule has 5 nitrogen and oxygen atoms in total. The molecule has 1 unspecified atom stereocenters. The minimum absolute atomic E-state index is 0.427. The third-order valence-corrected chi connectivity index (χ3v) is 3.17. The van der Waals surface area contributed by atoms with E-state index in [4.69, 9.17) is 10.3 Å². The summed E-state index contributed by atoms with van der Waals surface area (Å²) in [6.45, 7) is 0. The number of rotatable bonds is 1. The van der Waals surface area contributed by atoms with Gasteiger partial charge >= 0.3 is 10.3 Å². The van der Waals surface area contributed by atoms with Crippen molar-refractivity contribution >= 4 is 16.0 Å². The molecule has 2 rings (SSSR count). The zero-order valence-electron chi connectivity index (χ0n) is 7.29. The Labute approximate surface area is 82.0 Å². The van der Waals surface area contributed by atoms with Crippen LogP contribution in [0.1, 0.15) is 5.56 Å². The molecule has 6 heteroatoms. The molecule has 0 fully saturated rings. The summed E-state index contributed by atoms with van der Waals surface area (Å²) in [6, 6.07) is 6.92. The lowest BCUT2D eigenvalue weighted by Gasteiger charge is -2.19. The Bertz CT molecular complexity index is 457. The maximum absolute atomic E-state index is 11.0. The lowest BCUT2D eigenvalue weighted by atomic mass is 10.2. The number of para-hydroxylation sites is 1. The zero-order chi connectivity index (χ0) is 10.3. The molecule has 0 bridgehead atoms. The highest BCUT2D eigenvalue weighted by Crippen LogP contribution is 2.31. The number of nitrogens with zero attached hydrogens (tertiary/aromatic N) is 1. The van der Waals surface area contributed by atoms with E-state index in [0.29, 0.717) is 12.1 Å². The van der Waals surface area contributed by atoms with Gasteiger partial charge in [0.25, 0.3) is 0 Å². The number of benzene rings is 1. The van der Waals surface area contributed by atoms with Crippen molar-refractivity contribution in [3.63, 3.8) is 0 Å². The van der Waals surface area contributed by atoms with Gasteiger partial charge in [0.05, 0.1) is 11.9 Å². The van der Waals surface area contributed by atoms with E-state index < -0.39 is 16.5 Å². The van der Waals surface area contributed by atoms with Crippen molar-refractivity contribution < 1.29 is 13.0 Å². The van der Waals surface area contributed by atoms with Crippen LogP contribution in [0.25, 0.3) is 0 Å². The Morgan fingerprint density at radius 1 is 1.43 bits per heavy atom. The van der Waals surface area contributed by atoms with Crippen molar-refractivity contribution in [2.45, 2.75) is 12.6 Å². The molecule has 0 spiro atoms. The monoisotopic (exact) mass is 214 g/mol. The van der Waals surface area contributed by atoms with Crippen molar-refractivity contribution in [2.75, 3.05) is 4.31 Å². The third kappa shape index (κ3) is 1.37. The molecule has 1 aliphatic rings. The molecule has 76 valence electrons. The minimum Gasteiger partial charge on any atom is -0.310 e. The van der Waals surface area contributed by atoms with E-state index in [1.807, 2.05) is 0 Å². The van der Waals surface area contributed by atoms with Gasteiger partial charge in [-0.05, 0) is 11.6 Å². The van der Waals surface area contributed by atoms with Gasteiger partial charge in [0.1, 0.15) is 0 Å². The SMILES string of the molecule is NC1Cc2ccccc2N1S(=O)(=O)O. The van der Waals surface area contributed by atoms with Gasteiger partial charge in [0, 0.05) is 6.42 Å². The van der Waals surface area contributed by atoms with E-state index in [9.17, 15) is 8.42 Å². The average molecular weight is 214 g/mol. The molecule has 1 heterocycles. The second-order valence-electron chi connectivity index (χ2n) is 3.17. The molecule has 1 aliphatic heterocycles. The van der Waals surface area contributed by atoms with Crippen LogP contribution in [0.3, 0.4) is 0 Å². The third-order valence-electron chi connectivity index (χ3n) is 2.21. The first-order valence-electron chi connectivity index (χ1n) is 4.10. The molecular weight excluding hydrogens is 204 g/mol. The van der Waals surface area contributed by atoms with Crippen LogP contribution in [0.15, 0.2) is 24.3 Å². The molecule has 14 heavy (non-hydrogen) atoms. The Balaban J connectivity index is 2.56. The molecule has 3 N–H and O–H groups in total. The lowest BCUT2D eigenvalue weighted by molar-refractivity contribution is 0.472. The van der Waals surface area contributed by atoms with Crippen LogP contribution >= 0.6 is 0 Å². The summed E-state index contributed by atoms with van der Waals surface area (Å²) in [5.74, 6) is 0. The fourth-order valence-electron chi connectivity index (χ4n) is 1.68. The minimum atomic E-state index is -4.26. The zero-order valence-corrected chi connectivity index (χ0v) is 8.11. The Hall–Kier alpha value is -1.11. The molecular formula is C8H10N2O3S. The average Bonchev–Trinajstić information content (AvgIpc) is 2.38. The van der Waals surface area contributed by atoms with Gasteiger partial charge in [0.15, 0.2) is 0 Å². The van der Waals surface area contributed by atoms with E-state index in [1.54, 1.807) is 24.3 Å². The summed E-state index contributed by atoms with van der Waals surface area (Å²) in [6.07, 6.45) is -0.280. The molecule has 0 saturated heterocycles. The highest BCUT2D eigenvalue weighted by Gasteiger charge is 2.33. The van der Waals surface area contributed by atoms with Crippen molar-refractivity contribution in [2.24, 2.45) is 5.73 Å². The molecule has 0 saturated carbocycles. The maximum Gasteiger partial charge on any atom is 0.361 e. The van der Waals surface area contributed by atoms with E-state index in [1.165, 1.54) is 0 Å². The maximum atomic E-state index is 11.0. The molecule has 1 atom stereocenters.